The molecular weight excluding hydrogens is 330 g/mol. The van der Waals surface area contributed by atoms with E-state index in [1.54, 1.807) is 24.3 Å². The summed E-state index contributed by atoms with van der Waals surface area (Å²) in [5, 5.41) is 2.86. The summed E-state index contributed by atoms with van der Waals surface area (Å²) in [7, 11) is 0. The number of likely N-dealkylation sites (tertiary alicyclic amines) is 1. The van der Waals surface area contributed by atoms with Crippen LogP contribution in [-0.4, -0.2) is 36.2 Å². The third-order valence-corrected chi connectivity index (χ3v) is 5.83. The zero-order valence-electron chi connectivity index (χ0n) is 13.7. The molecule has 2 aliphatic rings. The number of amides is 1. The van der Waals surface area contributed by atoms with Gasteiger partial charge < -0.3 is 5.32 Å². The summed E-state index contributed by atoms with van der Waals surface area (Å²) in [5.74, 6) is -0.837. The Bertz CT molecular complexity index is 552. The predicted molar refractivity (Wildman–Crippen MR) is 93.4 cm³/mol. The molecule has 132 valence electrons. The van der Waals surface area contributed by atoms with Crippen LogP contribution in [-0.2, 0) is 4.79 Å². The van der Waals surface area contributed by atoms with E-state index in [1.807, 2.05) is 0 Å². The summed E-state index contributed by atoms with van der Waals surface area (Å²) in [6, 6.07) is 6.58. The molecule has 0 radical (unpaired) electrons. The fourth-order valence-electron chi connectivity index (χ4n) is 3.94. The van der Waals surface area contributed by atoms with Crippen molar-refractivity contribution in [2.45, 2.75) is 42.8 Å². The molecule has 1 N–H and O–H groups in total. The third-order valence-electron chi connectivity index (χ3n) is 5.11. The highest BCUT2D eigenvalue weighted by molar-refractivity contribution is 7.99. The normalized spacial score (nSPS) is 24.6. The molecule has 0 unspecified atom stereocenters. The molecular formula is C18H24F2N2OS. The molecule has 1 aromatic carbocycles. The Hall–Kier alpha value is -1.14. The Kier molecular flexibility index (Phi) is 6.11. The number of alkyl halides is 2. The third kappa shape index (κ3) is 4.93. The second-order valence-corrected chi connectivity index (χ2v) is 7.84. The van der Waals surface area contributed by atoms with E-state index in [4.69, 9.17) is 0 Å². The van der Waals surface area contributed by atoms with Gasteiger partial charge in [0.15, 0.2) is 0 Å². The van der Waals surface area contributed by atoms with Crippen molar-refractivity contribution < 1.29 is 13.6 Å². The molecule has 1 heterocycles. The van der Waals surface area contributed by atoms with E-state index < -0.39 is 5.76 Å². The molecule has 24 heavy (non-hydrogen) atoms. The molecule has 0 spiro atoms. The van der Waals surface area contributed by atoms with Crippen LogP contribution >= 0.6 is 11.8 Å². The molecule has 2 atom stereocenters. The highest BCUT2D eigenvalue weighted by Gasteiger charge is 2.31. The van der Waals surface area contributed by atoms with Crippen LogP contribution in [0.4, 0.5) is 14.5 Å². The van der Waals surface area contributed by atoms with Crippen molar-refractivity contribution in [3.05, 3.63) is 24.3 Å². The second-order valence-electron chi connectivity index (χ2n) is 6.78. The van der Waals surface area contributed by atoms with Gasteiger partial charge in [0.1, 0.15) is 0 Å². The Morgan fingerprint density at radius 2 is 1.88 bits per heavy atom. The lowest BCUT2D eigenvalue weighted by atomic mass is 9.75. The standard InChI is InChI=1S/C18H24F2N2OS/c19-18(20)24-16-7-5-15(6-8-16)21-17(23)12-22-10-9-13-3-1-2-4-14(13)11-22/h5-8,13-14,18H,1-4,9-12H2,(H,21,23)/t13-,14+/m0/s1. The number of halogens is 2. The molecule has 0 aromatic heterocycles. The van der Waals surface area contributed by atoms with Gasteiger partial charge in [-0.2, -0.15) is 8.78 Å². The SMILES string of the molecule is O=C(CN1CC[C@@H]2CCCC[C@@H]2C1)Nc1ccc(SC(F)F)cc1. The van der Waals surface area contributed by atoms with Crippen molar-refractivity contribution in [1.29, 1.82) is 0 Å². The van der Waals surface area contributed by atoms with Gasteiger partial charge in [-0.3, -0.25) is 9.69 Å². The first-order valence-electron chi connectivity index (χ1n) is 8.67. The molecule has 1 aromatic rings. The summed E-state index contributed by atoms with van der Waals surface area (Å²) in [6.07, 6.45) is 6.54. The van der Waals surface area contributed by atoms with Gasteiger partial charge >= 0.3 is 0 Å². The van der Waals surface area contributed by atoms with Gasteiger partial charge in [0.2, 0.25) is 5.91 Å². The van der Waals surface area contributed by atoms with Crippen molar-refractivity contribution in [2.75, 3.05) is 25.0 Å². The molecule has 2 fully saturated rings. The van der Waals surface area contributed by atoms with Crippen molar-refractivity contribution in [2.24, 2.45) is 11.8 Å². The van der Waals surface area contributed by atoms with Crippen LogP contribution in [0.2, 0.25) is 0 Å². The minimum absolute atomic E-state index is 0.0291. The topological polar surface area (TPSA) is 32.3 Å². The van der Waals surface area contributed by atoms with Crippen molar-refractivity contribution in [1.82, 2.24) is 4.90 Å². The fourth-order valence-corrected chi connectivity index (χ4v) is 4.44. The van der Waals surface area contributed by atoms with E-state index in [9.17, 15) is 13.6 Å². The summed E-state index contributed by atoms with van der Waals surface area (Å²) in [4.78, 5) is 15.0. The number of piperidine rings is 1. The number of carbonyl (C=O) groups excluding carboxylic acids is 1. The fraction of sp³-hybridized carbons (Fsp3) is 0.611. The number of thioether (sulfide) groups is 1. The van der Waals surface area contributed by atoms with Gasteiger partial charge in [-0.15, -0.1) is 0 Å². The van der Waals surface area contributed by atoms with Gasteiger partial charge in [0.25, 0.3) is 5.76 Å². The Morgan fingerprint density at radius 3 is 2.58 bits per heavy atom. The molecule has 1 aliphatic heterocycles. The van der Waals surface area contributed by atoms with Gasteiger partial charge in [0.05, 0.1) is 6.54 Å². The summed E-state index contributed by atoms with van der Waals surface area (Å²) < 4.78 is 24.6. The van der Waals surface area contributed by atoms with Gasteiger partial charge in [-0.05, 0) is 55.5 Å². The summed E-state index contributed by atoms with van der Waals surface area (Å²) in [6.45, 7) is 2.44. The average Bonchev–Trinajstić information content (AvgIpc) is 2.56. The van der Waals surface area contributed by atoms with E-state index in [0.29, 0.717) is 28.9 Å². The maximum atomic E-state index is 12.3. The maximum Gasteiger partial charge on any atom is 0.288 e. The highest BCUT2D eigenvalue weighted by Crippen LogP contribution is 2.35. The van der Waals surface area contributed by atoms with Crippen molar-refractivity contribution >= 4 is 23.4 Å². The number of hydrogen-bond donors (Lipinski definition) is 1. The number of nitrogens with one attached hydrogen (secondary N) is 1. The Morgan fingerprint density at radius 1 is 1.17 bits per heavy atom. The molecule has 1 aliphatic carbocycles. The van der Waals surface area contributed by atoms with Gasteiger partial charge in [-0.1, -0.05) is 31.0 Å². The van der Waals surface area contributed by atoms with Crippen LogP contribution in [0.5, 0.6) is 0 Å². The van der Waals surface area contributed by atoms with Crippen LogP contribution in [0.25, 0.3) is 0 Å². The largest absolute Gasteiger partial charge is 0.325 e. The smallest absolute Gasteiger partial charge is 0.288 e. The molecule has 3 rings (SSSR count). The molecule has 1 saturated carbocycles. The minimum Gasteiger partial charge on any atom is -0.325 e. The van der Waals surface area contributed by atoms with E-state index in [-0.39, 0.29) is 5.91 Å². The lowest BCUT2D eigenvalue weighted by Gasteiger charge is -2.41. The zero-order chi connectivity index (χ0) is 16.9. The monoisotopic (exact) mass is 354 g/mol. The van der Waals surface area contributed by atoms with E-state index in [2.05, 4.69) is 10.2 Å². The Labute approximate surface area is 146 Å². The minimum atomic E-state index is -2.42. The van der Waals surface area contributed by atoms with Crippen LogP contribution in [0.15, 0.2) is 29.2 Å². The molecule has 3 nitrogen and oxygen atoms in total. The van der Waals surface area contributed by atoms with Crippen LogP contribution in [0.3, 0.4) is 0 Å². The number of carbonyl (C=O) groups is 1. The first kappa shape index (κ1) is 17.7. The predicted octanol–water partition coefficient (Wildman–Crippen LogP) is 4.45. The lowest BCUT2D eigenvalue weighted by molar-refractivity contribution is -0.118. The summed E-state index contributed by atoms with van der Waals surface area (Å²) >= 11 is 0.511. The van der Waals surface area contributed by atoms with Gasteiger partial charge in [-0.25, -0.2) is 0 Å². The first-order chi connectivity index (χ1) is 11.6. The second kappa shape index (κ2) is 8.30. The number of anilines is 1. The van der Waals surface area contributed by atoms with E-state index >= 15 is 0 Å². The first-order valence-corrected chi connectivity index (χ1v) is 9.55. The lowest BCUT2D eigenvalue weighted by Crippen LogP contribution is -2.44. The number of rotatable bonds is 5. The quantitative estimate of drug-likeness (QED) is 0.793. The maximum absolute atomic E-state index is 12.3. The average molecular weight is 354 g/mol. The van der Waals surface area contributed by atoms with Gasteiger partial charge in [0, 0.05) is 17.1 Å². The van der Waals surface area contributed by atoms with Crippen molar-refractivity contribution in [3.63, 3.8) is 0 Å². The Balaban J connectivity index is 1.47. The van der Waals surface area contributed by atoms with Crippen LogP contribution < -0.4 is 5.32 Å². The molecule has 6 heteroatoms. The van der Waals surface area contributed by atoms with Crippen LogP contribution in [0.1, 0.15) is 32.1 Å². The zero-order valence-corrected chi connectivity index (χ0v) is 14.5. The van der Waals surface area contributed by atoms with E-state index in [0.717, 1.165) is 24.9 Å². The number of hydrogen-bond acceptors (Lipinski definition) is 3. The van der Waals surface area contributed by atoms with Crippen molar-refractivity contribution in [3.8, 4) is 0 Å². The summed E-state index contributed by atoms with van der Waals surface area (Å²) in [5.41, 5.74) is 0.658. The number of fused-ring (bicyclic) bond motifs is 1. The molecule has 1 saturated heterocycles. The van der Waals surface area contributed by atoms with E-state index in [1.165, 1.54) is 32.1 Å². The number of nitrogens with zero attached hydrogens (tertiary/aromatic N) is 1. The molecule has 1 amide bonds. The molecule has 0 bridgehead atoms. The number of benzene rings is 1. The van der Waals surface area contributed by atoms with Crippen LogP contribution in [0, 0.1) is 11.8 Å². The highest BCUT2D eigenvalue weighted by atomic mass is 32.2.